The Bertz CT molecular complexity index is 1110. The molecule has 0 radical (unpaired) electrons. The molecule has 0 aliphatic carbocycles. The molecule has 1 atom stereocenters. The van der Waals surface area contributed by atoms with Crippen LogP contribution in [0.25, 0.3) is 0 Å². The smallest absolute Gasteiger partial charge is 0.261 e. The van der Waals surface area contributed by atoms with Gasteiger partial charge in [0.05, 0.1) is 10.9 Å². The number of nitrogens with one attached hydrogen (secondary N) is 2. The highest BCUT2D eigenvalue weighted by Gasteiger charge is 2.16. The van der Waals surface area contributed by atoms with E-state index in [9.17, 15) is 13.2 Å². The zero-order valence-corrected chi connectivity index (χ0v) is 17.5. The highest BCUT2D eigenvalue weighted by atomic mass is 32.2. The molecule has 3 aromatic rings. The maximum absolute atomic E-state index is 12.6. The van der Waals surface area contributed by atoms with E-state index in [2.05, 4.69) is 10.0 Å². The van der Waals surface area contributed by atoms with Crippen molar-refractivity contribution in [2.45, 2.75) is 31.7 Å². The van der Waals surface area contributed by atoms with Crippen LogP contribution in [0.4, 0.5) is 5.69 Å². The largest absolute Gasteiger partial charge is 0.346 e. The fraction of sp³-hybridized carbons (Fsp3) is 0.174. The van der Waals surface area contributed by atoms with Crippen LogP contribution in [-0.4, -0.2) is 14.3 Å². The van der Waals surface area contributed by atoms with Crippen LogP contribution < -0.4 is 10.0 Å². The Morgan fingerprint density at radius 2 is 1.45 bits per heavy atom. The second-order valence-corrected chi connectivity index (χ2v) is 8.79. The molecule has 3 rings (SSSR count). The van der Waals surface area contributed by atoms with Crippen molar-refractivity contribution in [3.05, 3.63) is 95.1 Å². The van der Waals surface area contributed by atoms with E-state index in [4.69, 9.17) is 0 Å². The molecule has 150 valence electrons. The number of aryl methyl sites for hydroxylation is 2. The molecular weight excluding hydrogens is 384 g/mol. The van der Waals surface area contributed by atoms with Gasteiger partial charge < -0.3 is 5.32 Å². The Balaban J connectivity index is 1.74. The molecule has 6 heteroatoms. The maximum Gasteiger partial charge on any atom is 0.261 e. The summed E-state index contributed by atoms with van der Waals surface area (Å²) < 4.78 is 27.7. The number of rotatable bonds is 6. The number of carbonyl (C=O) groups excluding carboxylic acids is 1. The summed E-state index contributed by atoms with van der Waals surface area (Å²) in [6.45, 7) is 5.81. The molecule has 1 amide bonds. The first-order valence-electron chi connectivity index (χ1n) is 9.31. The maximum atomic E-state index is 12.6. The summed E-state index contributed by atoms with van der Waals surface area (Å²) in [7, 11) is -3.72. The molecule has 0 bridgehead atoms. The number of amides is 1. The van der Waals surface area contributed by atoms with Crippen LogP contribution in [0.2, 0.25) is 0 Å². The first-order valence-corrected chi connectivity index (χ1v) is 10.8. The third kappa shape index (κ3) is 5.23. The highest BCUT2D eigenvalue weighted by molar-refractivity contribution is 7.92. The van der Waals surface area contributed by atoms with Crippen molar-refractivity contribution in [3.8, 4) is 0 Å². The molecule has 3 aromatic carbocycles. The number of hydrogen-bond acceptors (Lipinski definition) is 3. The number of anilines is 1. The molecule has 0 unspecified atom stereocenters. The van der Waals surface area contributed by atoms with Gasteiger partial charge in [-0.25, -0.2) is 8.42 Å². The van der Waals surface area contributed by atoms with E-state index < -0.39 is 10.0 Å². The Kier molecular flexibility index (Phi) is 6.03. The van der Waals surface area contributed by atoms with Gasteiger partial charge in [-0.3, -0.25) is 9.52 Å². The molecule has 0 aliphatic rings. The van der Waals surface area contributed by atoms with Crippen LogP contribution >= 0.6 is 0 Å². The van der Waals surface area contributed by atoms with Crippen LogP contribution in [0.5, 0.6) is 0 Å². The van der Waals surface area contributed by atoms with Crippen LogP contribution in [0.3, 0.4) is 0 Å². The van der Waals surface area contributed by atoms with Crippen LogP contribution in [-0.2, 0) is 10.0 Å². The Morgan fingerprint density at radius 3 is 2.07 bits per heavy atom. The van der Waals surface area contributed by atoms with Gasteiger partial charge in [-0.2, -0.15) is 0 Å². The summed E-state index contributed by atoms with van der Waals surface area (Å²) >= 11 is 0. The minimum absolute atomic E-state index is 0.170. The molecule has 0 aliphatic heterocycles. The summed E-state index contributed by atoms with van der Waals surface area (Å²) in [6, 6.07) is 20.8. The van der Waals surface area contributed by atoms with Crippen LogP contribution in [0.15, 0.2) is 77.7 Å². The van der Waals surface area contributed by atoms with E-state index in [0.717, 1.165) is 16.7 Å². The first kappa shape index (κ1) is 20.6. The van der Waals surface area contributed by atoms with E-state index in [1.165, 1.54) is 6.07 Å². The molecule has 0 aromatic heterocycles. The van der Waals surface area contributed by atoms with Crippen molar-refractivity contribution >= 4 is 21.6 Å². The molecule has 0 saturated heterocycles. The van der Waals surface area contributed by atoms with Gasteiger partial charge in [-0.05, 0) is 56.7 Å². The molecule has 2 N–H and O–H groups in total. The quantitative estimate of drug-likeness (QED) is 0.626. The average Bonchev–Trinajstić information content (AvgIpc) is 2.68. The fourth-order valence-electron chi connectivity index (χ4n) is 2.87. The zero-order chi connectivity index (χ0) is 21.0. The topological polar surface area (TPSA) is 75.3 Å². The van der Waals surface area contributed by atoms with Gasteiger partial charge in [-0.1, -0.05) is 53.6 Å². The lowest BCUT2D eigenvalue weighted by atomic mass is 10.1. The molecule has 0 heterocycles. The van der Waals surface area contributed by atoms with Crippen LogP contribution in [0.1, 0.15) is 40.0 Å². The number of benzene rings is 3. The lowest BCUT2D eigenvalue weighted by Gasteiger charge is -2.15. The molecular formula is C23H24N2O3S. The summed E-state index contributed by atoms with van der Waals surface area (Å²) in [6.07, 6.45) is 0. The van der Waals surface area contributed by atoms with Gasteiger partial charge in [0.15, 0.2) is 0 Å². The zero-order valence-electron chi connectivity index (χ0n) is 16.6. The van der Waals surface area contributed by atoms with Gasteiger partial charge in [0.1, 0.15) is 0 Å². The van der Waals surface area contributed by atoms with Crippen molar-refractivity contribution in [1.82, 2.24) is 5.32 Å². The van der Waals surface area contributed by atoms with Crippen LogP contribution in [0, 0.1) is 13.8 Å². The van der Waals surface area contributed by atoms with E-state index >= 15 is 0 Å². The Labute approximate surface area is 171 Å². The van der Waals surface area contributed by atoms with Crippen molar-refractivity contribution < 1.29 is 13.2 Å². The standard InChI is InChI=1S/C23H24N2O3S/c1-16-7-11-19(12-8-16)18(3)24-23(26)20-5-4-6-21(15-20)25-29(27,28)22-13-9-17(2)10-14-22/h4-15,18,25H,1-3H3,(H,24,26)/t18-/m1/s1. The van der Waals surface area contributed by atoms with Crippen molar-refractivity contribution in [1.29, 1.82) is 0 Å². The minimum atomic E-state index is -3.72. The second-order valence-electron chi connectivity index (χ2n) is 7.11. The van der Waals surface area contributed by atoms with Gasteiger partial charge in [0.25, 0.3) is 15.9 Å². The normalized spacial score (nSPS) is 12.2. The number of hydrogen-bond donors (Lipinski definition) is 2. The lowest BCUT2D eigenvalue weighted by Crippen LogP contribution is -2.26. The fourth-order valence-corrected chi connectivity index (χ4v) is 3.92. The summed E-state index contributed by atoms with van der Waals surface area (Å²) in [4.78, 5) is 12.8. The second kappa shape index (κ2) is 8.49. The predicted octanol–water partition coefficient (Wildman–Crippen LogP) is 4.60. The molecule has 0 saturated carbocycles. The minimum Gasteiger partial charge on any atom is -0.346 e. The molecule has 0 fully saturated rings. The SMILES string of the molecule is Cc1ccc([C@@H](C)NC(=O)c2cccc(NS(=O)(=O)c3ccc(C)cc3)c2)cc1. The monoisotopic (exact) mass is 408 g/mol. The molecule has 0 spiro atoms. The summed E-state index contributed by atoms with van der Waals surface area (Å²) in [5, 5.41) is 2.94. The predicted molar refractivity (Wildman–Crippen MR) is 115 cm³/mol. The summed E-state index contributed by atoms with van der Waals surface area (Å²) in [5.74, 6) is -0.269. The summed E-state index contributed by atoms with van der Waals surface area (Å²) in [5.41, 5.74) is 3.85. The molecule has 5 nitrogen and oxygen atoms in total. The first-order chi connectivity index (χ1) is 13.7. The van der Waals surface area contributed by atoms with E-state index in [-0.39, 0.29) is 16.8 Å². The van der Waals surface area contributed by atoms with Gasteiger partial charge in [-0.15, -0.1) is 0 Å². The van der Waals surface area contributed by atoms with Crippen molar-refractivity contribution in [3.63, 3.8) is 0 Å². The average molecular weight is 409 g/mol. The van der Waals surface area contributed by atoms with E-state index in [1.807, 2.05) is 45.0 Å². The van der Waals surface area contributed by atoms with E-state index in [1.54, 1.807) is 42.5 Å². The van der Waals surface area contributed by atoms with Gasteiger partial charge >= 0.3 is 0 Å². The Hall–Kier alpha value is -3.12. The third-order valence-corrected chi connectivity index (χ3v) is 6.03. The highest BCUT2D eigenvalue weighted by Crippen LogP contribution is 2.19. The lowest BCUT2D eigenvalue weighted by molar-refractivity contribution is 0.0940. The third-order valence-electron chi connectivity index (χ3n) is 4.63. The number of carbonyl (C=O) groups is 1. The van der Waals surface area contributed by atoms with E-state index in [0.29, 0.717) is 11.3 Å². The van der Waals surface area contributed by atoms with Gasteiger partial charge in [0, 0.05) is 11.3 Å². The van der Waals surface area contributed by atoms with Gasteiger partial charge in [0.2, 0.25) is 0 Å². The van der Waals surface area contributed by atoms with Crippen molar-refractivity contribution in [2.24, 2.45) is 0 Å². The van der Waals surface area contributed by atoms with Crippen molar-refractivity contribution in [2.75, 3.05) is 4.72 Å². The molecule has 29 heavy (non-hydrogen) atoms. The number of sulfonamides is 1. The Morgan fingerprint density at radius 1 is 0.862 bits per heavy atom.